The van der Waals surface area contributed by atoms with Crippen LogP contribution >= 0.6 is 11.8 Å². The highest BCUT2D eigenvalue weighted by molar-refractivity contribution is 7.99. The zero-order valence-electron chi connectivity index (χ0n) is 17.0. The van der Waals surface area contributed by atoms with Crippen LogP contribution in [0.25, 0.3) is 0 Å². The fourth-order valence-electron chi connectivity index (χ4n) is 2.91. The summed E-state index contributed by atoms with van der Waals surface area (Å²) in [6, 6.07) is 8.46. The molecule has 0 spiro atoms. The normalized spacial score (nSPS) is 11.6. The molecule has 11 heteroatoms. The number of hydrogen-bond acceptors (Lipinski definition) is 5. The minimum Gasteiger partial charge on any atom is -0.383 e. The van der Waals surface area contributed by atoms with Crippen LogP contribution in [-0.2, 0) is 35.7 Å². The SMILES string of the molecule is COCCn1c(Cc2cccn2C)nnc1SCC(=O)Nc1cccc(C(F)(F)F)c1. The number of carbonyl (C=O) groups excluding carboxylic acids is 1. The van der Waals surface area contributed by atoms with Crippen LogP contribution in [0.15, 0.2) is 47.8 Å². The maximum absolute atomic E-state index is 12.8. The number of thioether (sulfide) groups is 1. The van der Waals surface area contributed by atoms with Crippen molar-refractivity contribution in [2.45, 2.75) is 24.3 Å². The van der Waals surface area contributed by atoms with Gasteiger partial charge in [-0.25, -0.2) is 0 Å². The van der Waals surface area contributed by atoms with Crippen molar-refractivity contribution in [3.8, 4) is 0 Å². The van der Waals surface area contributed by atoms with E-state index in [1.54, 1.807) is 7.11 Å². The predicted octanol–water partition coefficient (Wildman–Crippen LogP) is 3.60. The Bertz CT molecular complexity index is 1030. The fourth-order valence-corrected chi connectivity index (χ4v) is 3.69. The second-order valence-electron chi connectivity index (χ2n) is 6.75. The lowest BCUT2D eigenvalue weighted by atomic mass is 10.2. The lowest BCUT2D eigenvalue weighted by Crippen LogP contribution is -2.16. The molecule has 0 atom stereocenters. The van der Waals surface area contributed by atoms with Crippen molar-refractivity contribution in [2.24, 2.45) is 7.05 Å². The molecular formula is C20H22F3N5O2S. The molecule has 0 saturated heterocycles. The van der Waals surface area contributed by atoms with Gasteiger partial charge in [-0.2, -0.15) is 13.2 Å². The summed E-state index contributed by atoms with van der Waals surface area (Å²) < 4.78 is 47.6. The van der Waals surface area contributed by atoms with Crippen molar-refractivity contribution >= 4 is 23.4 Å². The van der Waals surface area contributed by atoms with Crippen molar-refractivity contribution in [3.63, 3.8) is 0 Å². The van der Waals surface area contributed by atoms with Gasteiger partial charge in [0.2, 0.25) is 5.91 Å². The Hall–Kier alpha value is -2.79. The molecule has 3 rings (SSSR count). The number of amides is 1. The van der Waals surface area contributed by atoms with E-state index in [4.69, 9.17) is 4.74 Å². The van der Waals surface area contributed by atoms with Gasteiger partial charge < -0.3 is 19.2 Å². The maximum atomic E-state index is 12.8. The van der Waals surface area contributed by atoms with Gasteiger partial charge in [0.25, 0.3) is 0 Å². The summed E-state index contributed by atoms with van der Waals surface area (Å²) in [6.45, 7) is 0.961. The molecule has 0 aliphatic heterocycles. The van der Waals surface area contributed by atoms with Crippen LogP contribution in [-0.4, -0.2) is 44.7 Å². The number of alkyl halides is 3. The highest BCUT2D eigenvalue weighted by Gasteiger charge is 2.30. The molecule has 166 valence electrons. The standard InChI is InChI=1S/C20H22F3N5O2S/c1-27-8-4-7-16(27)12-17-25-26-19(28(17)9-10-30-2)31-13-18(29)24-15-6-3-5-14(11-15)20(21,22)23/h3-8,11H,9-10,12-13H2,1-2H3,(H,24,29). The van der Waals surface area contributed by atoms with E-state index in [-0.39, 0.29) is 11.4 Å². The number of halogens is 3. The zero-order chi connectivity index (χ0) is 22.4. The van der Waals surface area contributed by atoms with Crippen LogP contribution in [0, 0.1) is 0 Å². The average Bonchev–Trinajstić information content (AvgIpc) is 3.30. The van der Waals surface area contributed by atoms with E-state index in [9.17, 15) is 18.0 Å². The third-order valence-electron chi connectivity index (χ3n) is 4.51. The Labute approximate surface area is 181 Å². The van der Waals surface area contributed by atoms with Crippen LogP contribution in [0.4, 0.5) is 18.9 Å². The van der Waals surface area contributed by atoms with E-state index in [1.165, 1.54) is 12.1 Å². The van der Waals surface area contributed by atoms with E-state index >= 15 is 0 Å². The summed E-state index contributed by atoms with van der Waals surface area (Å²) in [4.78, 5) is 12.3. The van der Waals surface area contributed by atoms with Gasteiger partial charge in [0, 0.05) is 44.7 Å². The highest BCUT2D eigenvalue weighted by Crippen LogP contribution is 2.30. The number of nitrogens with zero attached hydrogens (tertiary/aromatic N) is 4. The van der Waals surface area contributed by atoms with Crippen LogP contribution in [0.3, 0.4) is 0 Å². The average molecular weight is 453 g/mol. The number of hydrogen-bond donors (Lipinski definition) is 1. The van der Waals surface area contributed by atoms with Gasteiger partial charge in [0.05, 0.1) is 17.9 Å². The summed E-state index contributed by atoms with van der Waals surface area (Å²) in [5.41, 5.74) is 0.332. The first-order valence-corrected chi connectivity index (χ1v) is 10.4. The van der Waals surface area contributed by atoms with E-state index < -0.39 is 17.6 Å². The molecule has 1 aromatic carbocycles. The number of ether oxygens (including phenoxy) is 1. The van der Waals surface area contributed by atoms with Crippen LogP contribution in [0.5, 0.6) is 0 Å². The fraction of sp³-hybridized carbons (Fsp3) is 0.350. The van der Waals surface area contributed by atoms with Crippen LogP contribution < -0.4 is 5.32 Å². The number of rotatable bonds is 9. The molecule has 1 amide bonds. The minimum atomic E-state index is -4.47. The molecule has 2 aromatic heterocycles. The molecule has 0 unspecified atom stereocenters. The largest absolute Gasteiger partial charge is 0.416 e. The second kappa shape index (κ2) is 10.0. The number of carbonyl (C=O) groups is 1. The molecular weight excluding hydrogens is 431 g/mol. The number of aryl methyl sites for hydroxylation is 1. The topological polar surface area (TPSA) is 74.0 Å². The van der Waals surface area contributed by atoms with Gasteiger partial charge in [0.15, 0.2) is 5.16 Å². The lowest BCUT2D eigenvalue weighted by molar-refractivity contribution is -0.137. The number of nitrogens with one attached hydrogen (secondary N) is 1. The summed E-state index contributed by atoms with van der Waals surface area (Å²) in [5, 5.41) is 11.5. The molecule has 0 fully saturated rings. The predicted molar refractivity (Wildman–Crippen MR) is 111 cm³/mol. The number of methoxy groups -OCH3 is 1. The summed E-state index contributed by atoms with van der Waals surface area (Å²) in [6.07, 6.45) is -1.96. The van der Waals surface area contributed by atoms with Gasteiger partial charge in [0.1, 0.15) is 5.82 Å². The number of benzene rings is 1. The minimum absolute atomic E-state index is 0.0223. The molecule has 2 heterocycles. The Morgan fingerprint density at radius 3 is 2.71 bits per heavy atom. The zero-order valence-corrected chi connectivity index (χ0v) is 17.8. The third kappa shape index (κ3) is 6.11. The molecule has 0 radical (unpaired) electrons. The van der Waals surface area contributed by atoms with Crippen molar-refractivity contribution < 1.29 is 22.7 Å². The van der Waals surface area contributed by atoms with Gasteiger partial charge in [-0.05, 0) is 30.3 Å². The molecule has 0 bridgehead atoms. The van der Waals surface area contributed by atoms with Crippen molar-refractivity contribution in [2.75, 3.05) is 24.8 Å². The monoisotopic (exact) mass is 453 g/mol. The Balaban J connectivity index is 1.66. The third-order valence-corrected chi connectivity index (χ3v) is 5.48. The van der Waals surface area contributed by atoms with E-state index in [1.807, 2.05) is 34.5 Å². The second-order valence-corrected chi connectivity index (χ2v) is 7.69. The first-order chi connectivity index (χ1) is 14.8. The first kappa shape index (κ1) is 22.9. The smallest absolute Gasteiger partial charge is 0.383 e. The molecule has 3 aromatic rings. The summed E-state index contributed by atoms with van der Waals surface area (Å²) in [7, 11) is 3.54. The molecule has 0 aliphatic rings. The van der Waals surface area contributed by atoms with Crippen molar-refractivity contribution in [1.82, 2.24) is 19.3 Å². The van der Waals surface area contributed by atoms with Gasteiger partial charge in [-0.3, -0.25) is 4.79 Å². The van der Waals surface area contributed by atoms with E-state index in [0.29, 0.717) is 24.7 Å². The highest BCUT2D eigenvalue weighted by atomic mass is 32.2. The maximum Gasteiger partial charge on any atom is 0.416 e. The van der Waals surface area contributed by atoms with Gasteiger partial charge >= 0.3 is 6.18 Å². The van der Waals surface area contributed by atoms with Gasteiger partial charge in [-0.15, -0.1) is 10.2 Å². The van der Waals surface area contributed by atoms with Gasteiger partial charge in [-0.1, -0.05) is 17.8 Å². The molecule has 31 heavy (non-hydrogen) atoms. The quantitative estimate of drug-likeness (QED) is 0.501. The van der Waals surface area contributed by atoms with Crippen molar-refractivity contribution in [3.05, 3.63) is 59.7 Å². The Morgan fingerprint density at radius 2 is 2.03 bits per heavy atom. The summed E-state index contributed by atoms with van der Waals surface area (Å²) >= 11 is 1.16. The molecule has 0 saturated carbocycles. The molecule has 0 aliphatic carbocycles. The number of aromatic nitrogens is 4. The molecule has 1 N–H and O–H groups in total. The van der Waals surface area contributed by atoms with E-state index in [2.05, 4.69) is 15.5 Å². The van der Waals surface area contributed by atoms with Crippen molar-refractivity contribution in [1.29, 1.82) is 0 Å². The van der Waals surface area contributed by atoms with Crippen LogP contribution in [0.2, 0.25) is 0 Å². The molecule has 7 nitrogen and oxygen atoms in total. The van der Waals surface area contributed by atoms with E-state index in [0.717, 1.165) is 35.4 Å². The van der Waals surface area contributed by atoms with Crippen LogP contribution in [0.1, 0.15) is 17.1 Å². The summed E-state index contributed by atoms with van der Waals surface area (Å²) in [5.74, 6) is 0.278. The Kier molecular flexibility index (Phi) is 7.39. The lowest BCUT2D eigenvalue weighted by Gasteiger charge is -2.11. The Morgan fingerprint density at radius 1 is 1.23 bits per heavy atom. The first-order valence-electron chi connectivity index (χ1n) is 9.39. The number of anilines is 1.